The maximum absolute atomic E-state index is 13.3. The molecule has 2 heteroatoms. The average Bonchev–Trinajstić information content (AvgIpc) is 2.41. The van der Waals surface area contributed by atoms with Crippen LogP contribution in [0.5, 0.6) is 0 Å². The highest BCUT2D eigenvalue weighted by Crippen LogP contribution is 2.26. The molecule has 0 amide bonds. The van der Waals surface area contributed by atoms with Crippen molar-refractivity contribution in [2.75, 3.05) is 0 Å². The van der Waals surface area contributed by atoms with Crippen LogP contribution in [0.3, 0.4) is 0 Å². The third-order valence-electron chi connectivity index (χ3n) is 3.25. The van der Waals surface area contributed by atoms with E-state index in [0.717, 1.165) is 22.4 Å². The minimum atomic E-state index is -0.819. The monoisotopic (exact) mass is 254 g/mol. The van der Waals surface area contributed by atoms with Crippen molar-refractivity contribution in [2.24, 2.45) is 0 Å². The Morgan fingerprint density at radius 3 is 2.05 bits per heavy atom. The number of benzene rings is 3. The second-order valence-corrected chi connectivity index (χ2v) is 4.69. The van der Waals surface area contributed by atoms with Gasteiger partial charge < -0.3 is 0 Å². The standard InChI is InChI=1S/C17H12F2/c1-11-2-3-13-9-14(5-4-12(13)8-11)15-6-7-16(18)17(19)10-15/h2-10H,1H3. The Hall–Kier alpha value is -2.22. The van der Waals surface area contributed by atoms with Crippen LogP contribution in [0.4, 0.5) is 8.78 Å². The van der Waals surface area contributed by atoms with Crippen LogP contribution in [0.1, 0.15) is 5.56 Å². The van der Waals surface area contributed by atoms with E-state index >= 15 is 0 Å². The van der Waals surface area contributed by atoms with E-state index in [-0.39, 0.29) is 0 Å². The summed E-state index contributed by atoms with van der Waals surface area (Å²) >= 11 is 0. The highest BCUT2D eigenvalue weighted by Gasteiger charge is 2.05. The molecule has 0 saturated carbocycles. The number of fused-ring (bicyclic) bond motifs is 1. The average molecular weight is 254 g/mol. The van der Waals surface area contributed by atoms with Gasteiger partial charge in [0.05, 0.1) is 0 Å². The van der Waals surface area contributed by atoms with E-state index in [1.165, 1.54) is 11.6 Å². The predicted molar refractivity (Wildman–Crippen MR) is 74.0 cm³/mol. The Kier molecular flexibility index (Phi) is 2.79. The maximum Gasteiger partial charge on any atom is 0.159 e. The molecule has 94 valence electrons. The summed E-state index contributed by atoms with van der Waals surface area (Å²) in [7, 11) is 0. The van der Waals surface area contributed by atoms with E-state index in [9.17, 15) is 8.78 Å². The van der Waals surface area contributed by atoms with Crippen molar-refractivity contribution < 1.29 is 8.78 Å². The van der Waals surface area contributed by atoms with Crippen LogP contribution < -0.4 is 0 Å². The van der Waals surface area contributed by atoms with Crippen LogP contribution in [0.2, 0.25) is 0 Å². The molecule has 0 aliphatic heterocycles. The van der Waals surface area contributed by atoms with Crippen LogP contribution in [0, 0.1) is 18.6 Å². The van der Waals surface area contributed by atoms with Crippen molar-refractivity contribution in [1.82, 2.24) is 0 Å². The second kappa shape index (κ2) is 4.47. The van der Waals surface area contributed by atoms with E-state index in [1.54, 1.807) is 6.07 Å². The lowest BCUT2D eigenvalue weighted by Gasteiger charge is -2.05. The van der Waals surface area contributed by atoms with Crippen LogP contribution in [0.25, 0.3) is 21.9 Å². The van der Waals surface area contributed by atoms with Gasteiger partial charge in [-0.1, -0.05) is 42.0 Å². The van der Waals surface area contributed by atoms with Crippen molar-refractivity contribution >= 4 is 10.8 Å². The Labute approximate surface area is 110 Å². The molecule has 19 heavy (non-hydrogen) atoms. The van der Waals surface area contributed by atoms with Gasteiger partial charge in [-0.2, -0.15) is 0 Å². The van der Waals surface area contributed by atoms with Gasteiger partial charge in [0.1, 0.15) is 0 Å². The maximum atomic E-state index is 13.3. The van der Waals surface area contributed by atoms with Crippen molar-refractivity contribution in [3.05, 3.63) is 71.8 Å². The van der Waals surface area contributed by atoms with Crippen molar-refractivity contribution in [1.29, 1.82) is 0 Å². The molecule has 0 atom stereocenters. The summed E-state index contributed by atoms with van der Waals surface area (Å²) < 4.78 is 26.2. The molecule has 0 heterocycles. The number of aryl methyl sites for hydroxylation is 1. The number of rotatable bonds is 1. The van der Waals surface area contributed by atoms with E-state index in [4.69, 9.17) is 0 Å². The molecule has 0 N–H and O–H groups in total. The zero-order chi connectivity index (χ0) is 13.4. The summed E-state index contributed by atoms with van der Waals surface area (Å²) in [5.74, 6) is -1.64. The minimum Gasteiger partial charge on any atom is -0.204 e. The molecule has 3 aromatic rings. The van der Waals surface area contributed by atoms with Crippen LogP contribution in [-0.4, -0.2) is 0 Å². The number of hydrogen-bond acceptors (Lipinski definition) is 0. The molecule has 0 nitrogen and oxygen atoms in total. The fourth-order valence-electron chi connectivity index (χ4n) is 2.22. The Balaban J connectivity index is 2.14. The first kappa shape index (κ1) is 11.8. The molecule has 0 unspecified atom stereocenters. The molecule has 0 bridgehead atoms. The third-order valence-corrected chi connectivity index (χ3v) is 3.25. The largest absolute Gasteiger partial charge is 0.204 e. The first-order valence-electron chi connectivity index (χ1n) is 6.09. The minimum absolute atomic E-state index is 0.682. The van der Waals surface area contributed by atoms with E-state index in [1.807, 2.05) is 37.3 Å². The number of halogens is 2. The van der Waals surface area contributed by atoms with E-state index in [0.29, 0.717) is 5.56 Å². The first-order chi connectivity index (χ1) is 9.13. The van der Waals surface area contributed by atoms with Gasteiger partial charge in [-0.05, 0) is 47.0 Å². The molecule has 3 aromatic carbocycles. The van der Waals surface area contributed by atoms with Gasteiger partial charge in [0.15, 0.2) is 11.6 Å². The van der Waals surface area contributed by atoms with Gasteiger partial charge >= 0.3 is 0 Å². The Morgan fingerprint density at radius 1 is 0.632 bits per heavy atom. The summed E-state index contributed by atoms with van der Waals surface area (Å²) in [5.41, 5.74) is 2.77. The highest BCUT2D eigenvalue weighted by atomic mass is 19.2. The van der Waals surface area contributed by atoms with Crippen LogP contribution in [0.15, 0.2) is 54.6 Å². The van der Waals surface area contributed by atoms with Crippen molar-refractivity contribution in [2.45, 2.75) is 6.92 Å². The summed E-state index contributed by atoms with van der Waals surface area (Å²) in [6.07, 6.45) is 0. The topological polar surface area (TPSA) is 0 Å². The normalized spacial score (nSPS) is 10.9. The third kappa shape index (κ3) is 2.22. The fraction of sp³-hybridized carbons (Fsp3) is 0.0588. The SMILES string of the molecule is Cc1ccc2cc(-c3ccc(F)c(F)c3)ccc2c1. The van der Waals surface area contributed by atoms with Gasteiger partial charge in [-0.3, -0.25) is 0 Å². The van der Waals surface area contributed by atoms with Crippen LogP contribution in [-0.2, 0) is 0 Å². The van der Waals surface area contributed by atoms with Crippen molar-refractivity contribution in [3.63, 3.8) is 0 Å². The zero-order valence-corrected chi connectivity index (χ0v) is 10.5. The number of hydrogen-bond donors (Lipinski definition) is 0. The quantitative estimate of drug-likeness (QED) is 0.567. The van der Waals surface area contributed by atoms with Gasteiger partial charge in [0.2, 0.25) is 0 Å². The Bertz CT molecular complexity index is 760. The molecule has 0 saturated heterocycles. The second-order valence-electron chi connectivity index (χ2n) is 4.69. The fourth-order valence-corrected chi connectivity index (χ4v) is 2.22. The molecule has 0 spiro atoms. The van der Waals surface area contributed by atoms with Gasteiger partial charge in [-0.25, -0.2) is 8.78 Å². The zero-order valence-electron chi connectivity index (χ0n) is 10.5. The molecule has 0 aromatic heterocycles. The summed E-state index contributed by atoms with van der Waals surface area (Å²) in [6, 6.07) is 16.1. The smallest absolute Gasteiger partial charge is 0.159 e. The highest BCUT2D eigenvalue weighted by molar-refractivity contribution is 5.87. The van der Waals surface area contributed by atoms with Gasteiger partial charge in [0.25, 0.3) is 0 Å². The lowest BCUT2D eigenvalue weighted by atomic mass is 10.00. The lowest BCUT2D eigenvalue weighted by Crippen LogP contribution is -1.85. The lowest BCUT2D eigenvalue weighted by molar-refractivity contribution is 0.509. The molecular weight excluding hydrogens is 242 g/mol. The molecule has 0 aliphatic rings. The molecule has 3 rings (SSSR count). The summed E-state index contributed by atoms with van der Waals surface area (Å²) in [4.78, 5) is 0. The predicted octanol–water partition coefficient (Wildman–Crippen LogP) is 5.09. The first-order valence-corrected chi connectivity index (χ1v) is 6.09. The summed E-state index contributed by atoms with van der Waals surface area (Å²) in [5, 5.41) is 2.24. The van der Waals surface area contributed by atoms with Gasteiger partial charge in [0, 0.05) is 0 Å². The van der Waals surface area contributed by atoms with E-state index in [2.05, 4.69) is 6.07 Å². The Morgan fingerprint density at radius 2 is 1.26 bits per heavy atom. The van der Waals surface area contributed by atoms with E-state index < -0.39 is 11.6 Å². The van der Waals surface area contributed by atoms with Crippen molar-refractivity contribution in [3.8, 4) is 11.1 Å². The molecule has 0 aliphatic carbocycles. The summed E-state index contributed by atoms with van der Waals surface area (Å²) in [6.45, 7) is 2.04. The van der Waals surface area contributed by atoms with Gasteiger partial charge in [-0.15, -0.1) is 0 Å². The molecule has 0 fully saturated rings. The van der Waals surface area contributed by atoms with Crippen LogP contribution >= 0.6 is 0 Å². The molecule has 0 radical (unpaired) electrons. The molecular formula is C17H12F2.